The third kappa shape index (κ3) is 3.95. The number of nitrogens with zero attached hydrogens (tertiary/aromatic N) is 1. The molecule has 0 unspecified atom stereocenters. The molecular weight excluding hydrogens is 352 g/mol. The number of carbonyl (C=O) groups is 1. The van der Waals surface area contributed by atoms with Crippen LogP contribution in [0.3, 0.4) is 0 Å². The van der Waals surface area contributed by atoms with Crippen molar-refractivity contribution >= 4 is 16.0 Å². The highest BCUT2D eigenvalue weighted by molar-refractivity contribution is 7.88. The van der Waals surface area contributed by atoms with Gasteiger partial charge in [0.05, 0.1) is 18.4 Å². The van der Waals surface area contributed by atoms with E-state index in [1.54, 1.807) is 24.3 Å². The number of benzene rings is 2. The van der Waals surface area contributed by atoms with Crippen molar-refractivity contribution in [3.63, 3.8) is 0 Å². The van der Waals surface area contributed by atoms with Gasteiger partial charge in [0.2, 0.25) is 10.0 Å². The fraction of sp³-hybridized carbons (Fsp3) is 0.316. The molecule has 6 nitrogen and oxygen atoms in total. The average Bonchev–Trinajstić information content (AvgIpc) is 3.04. The Bertz CT molecular complexity index is 883. The Morgan fingerprint density at radius 1 is 1.15 bits per heavy atom. The summed E-state index contributed by atoms with van der Waals surface area (Å²) in [6.45, 7) is 0.656. The summed E-state index contributed by atoms with van der Waals surface area (Å²) in [6.07, 6.45) is 0. The number of methoxy groups -OCH3 is 1. The molecule has 3 rings (SSSR count). The van der Waals surface area contributed by atoms with Crippen molar-refractivity contribution in [1.29, 1.82) is 0 Å². The first kappa shape index (κ1) is 18.6. The van der Waals surface area contributed by atoms with Crippen molar-refractivity contribution in [2.75, 3.05) is 20.2 Å². The Hall–Kier alpha value is -2.22. The predicted octanol–water partition coefficient (Wildman–Crippen LogP) is 1.73. The fourth-order valence-electron chi connectivity index (χ4n) is 3.28. The van der Waals surface area contributed by atoms with Gasteiger partial charge in [0.1, 0.15) is 0 Å². The van der Waals surface area contributed by atoms with E-state index in [1.807, 2.05) is 30.3 Å². The molecule has 0 saturated carbocycles. The molecule has 0 spiro atoms. The molecule has 7 heteroatoms. The zero-order valence-electron chi connectivity index (χ0n) is 14.5. The molecule has 1 heterocycles. The summed E-state index contributed by atoms with van der Waals surface area (Å²) < 4.78 is 31.8. The number of esters is 1. The van der Waals surface area contributed by atoms with Crippen LogP contribution in [0.15, 0.2) is 54.6 Å². The standard InChI is InChI=1S/C19H22N2O4S/c1-25-19(22)16-9-5-6-14(10-16)13-26(23,24)21-11-17(18(20)12-21)15-7-3-2-4-8-15/h2-10,17-18H,11-13,20H2,1H3/t17-,18+/m0/s1. The van der Waals surface area contributed by atoms with Gasteiger partial charge in [-0.3, -0.25) is 0 Å². The van der Waals surface area contributed by atoms with Gasteiger partial charge in [0.15, 0.2) is 0 Å². The summed E-state index contributed by atoms with van der Waals surface area (Å²) in [7, 11) is -2.24. The first-order valence-corrected chi connectivity index (χ1v) is 9.97. The molecule has 0 radical (unpaired) electrons. The van der Waals surface area contributed by atoms with Gasteiger partial charge in [-0.1, -0.05) is 42.5 Å². The van der Waals surface area contributed by atoms with Crippen LogP contribution in [0.5, 0.6) is 0 Å². The Balaban J connectivity index is 1.76. The van der Waals surface area contributed by atoms with Crippen LogP contribution in [-0.4, -0.2) is 44.9 Å². The largest absolute Gasteiger partial charge is 0.465 e. The van der Waals surface area contributed by atoms with E-state index in [2.05, 4.69) is 4.74 Å². The highest BCUT2D eigenvalue weighted by Gasteiger charge is 2.37. The molecule has 1 saturated heterocycles. The van der Waals surface area contributed by atoms with Crippen molar-refractivity contribution in [1.82, 2.24) is 4.31 Å². The normalized spacial score (nSPS) is 20.8. The lowest BCUT2D eigenvalue weighted by Gasteiger charge is -2.17. The molecule has 2 atom stereocenters. The number of nitrogens with two attached hydrogens (primary N) is 1. The zero-order chi connectivity index (χ0) is 18.7. The van der Waals surface area contributed by atoms with Crippen LogP contribution in [0.25, 0.3) is 0 Å². The first-order valence-electron chi connectivity index (χ1n) is 8.36. The molecule has 0 bridgehead atoms. The van der Waals surface area contributed by atoms with Crippen LogP contribution in [0, 0.1) is 0 Å². The molecule has 1 aliphatic heterocycles. The number of hydrogen-bond acceptors (Lipinski definition) is 5. The van der Waals surface area contributed by atoms with E-state index in [9.17, 15) is 13.2 Å². The van der Waals surface area contributed by atoms with Gasteiger partial charge < -0.3 is 10.5 Å². The van der Waals surface area contributed by atoms with Gasteiger partial charge in [-0.2, -0.15) is 4.31 Å². The Kier molecular flexibility index (Phi) is 5.41. The lowest BCUT2D eigenvalue weighted by molar-refractivity contribution is 0.0600. The minimum atomic E-state index is -3.53. The van der Waals surface area contributed by atoms with Gasteiger partial charge in [-0.25, -0.2) is 13.2 Å². The van der Waals surface area contributed by atoms with E-state index in [-0.39, 0.29) is 17.7 Å². The number of hydrogen-bond donors (Lipinski definition) is 1. The summed E-state index contributed by atoms with van der Waals surface area (Å²) >= 11 is 0. The molecule has 2 N–H and O–H groups in total. The van der Waals surface area contributed by atoms with Crippen LogP contribution in [0.4, 0.5) is 0 Å². The van der Waals surface area contributed by atoms with Crippen molar-refractivity contribution in [2.24, 2.45) is 5.73 Å². The predicted molar refractivity (Wildman–Crippen MR) is 99.1 cm³/mol. The van der Waals surface area contributed by atoms with Crippen LogP contribution in [0.2, 0.25) is 0 Å². The quantitative estimate of drug-likeness (QED) is 0.805. The molecule has 2 aromatic rings. The van der Waals surface area contributed by atoms with Crippen LogP contribution in [-0.2, 0) is 20.5 Å². The summed E-state index contributed by atoms with van der Waals surface area (Å²) in [5.41, 5.74) is 8.13. The van der Waals surface area contributed by atoms with Crippen LogP contribution < -0.4 is 5.73 Å². The maximum absolute atomic E-state index is 12.8. The monoisotopic (exact) mass is 374 g/mol. The molecule has 2 aromatic carbocycles. The fourth-order valence-corrected chi connectivity index (χ4v) is 4.85. The van der Waals surface area contributed by atoms with Gasteiger partial charge in [0, 0.05) is 25.0 Å². The molecule has 0 amide bonds. The number of sulfonamides is 1. The van der Waals surface area contributed by atoms with Crippen molar-refractivity contribution in [3.8, 4) is 0 Å². The lowest BCUT2D eigenvalue weighted by atomic mass is 9.95. The molecule has 0 aliphatic carbocycles. The first-order chi connectivity index (χ1) is 12.4. The highest BCUT2D eigenvalue weighted by atomic mass is 32.2. The molecule has 1 fully saturated rings. The summed E-state index contributed by atoms with van der Waals surface area (Å²) in [5, 5.41) is 0. The zero-order valence-corrected chi connectivity index (χ0v) is 15.4. The summed E-state index contributed by atoms with van der Waals surface area (Å²) in [5.74, 6) is -0.685. The smallest absolute Gasteiger partial charge is 0.337 e. The number of carbonyl (C=O) groups excluding carboxylic acids is 1. The molecule has 0 aromatic heterocycles. The van der Waals surface area contributed by atoms with E-state index < -0.39 is 16.0 Å². The third-order valence-corrected chi connectivity index (χ3v) is 6.43. The van der Waals surface area contributed by atoms with Crippen molar-refractivity contribution < 1.29 is 17.9 Å². The lowest BCUT2D eigenvalue weighted by Crippen LogP contribution is -2.33. The Labute approximate surface area is 153 Å². The van der Waals surface area contributed by atoms with Gasteiger partial charge in [-0.15, -0.1) is 0 Å². The number of rotatable bonds is 5. The van der Waals surface area contributed by atoms with E-state index in [0.717, 1.165) is 5.56 Å². The highest BCUT2D eigenvalue weighted by Crippen LogP contribution is 2.29. The van der Waals surface area contributed by atoms with E-state index in [1.165, 1.54) is 11.4 Å². The van der Waals surface area contributed by atoms with E-state index in [4.69, 9.17) is 5.73 Å². The van der Waals surface area contributed by atoms with Gasteiger partial charge in [-0.05, 0) is 23.3 Å². The van der Waals surface area contributed by atoms with Crippen LogP contribution in [0.1, 0.15) is 27.4 Å². The Morgan fingerprint density at radius 3 is 2.58 bits per heavy atom. The SMILES string of the molecule is COC(=O)c1cccc(CS(=O)(=O)N2C[C@@H](N)[C@H](c3ccccc3)C2)c1. The third-order valence-electron chi connectivity index (χ3n) is 4.65. The number of ether oxygens (including phenoxy) is 1. The average molecular weight is 374 g/mol. The minimum absolute atomic E-state index is 0.0209. The maximum atomic E-state index is 12.8. The second-order valence-electron chi connectivity index (χ2n) is 6.45. The molecule has 138 valence electrons. The second kappa shape index (κ2) is 7.57. The summed E-state index contributed by atoms with van der Waals surface area (Å²) in [4.78, 5) is 11.6. The van der Waals surface area contributed by atoms with E-state index in [0.29, 0.717) is 24.2 Å². The van der Waals surface area contributed by atoms with Crippen molar-refractivity contribution in [3.05, 3.63) is 71.3 Å². The molecule has 26 heavy (non-hydrogen) atoms. The van der Waals surface area contributed by atoms with Crippen LogP contribution >= 0.6 is 0 Å². The maximum Gasteiger partial charge on any atom is 0.337 e. The van der Waals surface area contributed by atoms with E-state index >= 15 is 0 Å². The minimum Gasteiger partial charge on any atom is -0.465 e. The molecule has 1 aliphatic rings. The summed E-state index contributed by atoms with van der Waals surface area (Å²) in [6, 6.07) is 16.0. The Morgan fingerprint density at radius 2 is 1.88 bits per heavy atom. The molecular formula is C19H22N2O4S. The van der Waals surface area contributed by atoms with Crippen molar-refractivity contribution in [2.45, 2.75) is 17.7 Å². The van der Waals surface area contributed by atoms with Gasteiger partial charge in [0.25, 0.3) is 0 Å². The van der Waals surface area contributed by atoms with Gasteiger partial charge >= 0.3 is 5.97 Å². The topological polar surface area (TPSA) is 89.7 Å². The second-order valence-corrected chi connectivity index (χ2v) is 8.42.